The van der Waals surface area contributed by atoms with Gasteiger partial charge in [0.05, 0.1) is 4.92 Å². The van der Waals surface area contributed by atoms with E-state index in [9.17, 15) is 14.9 Å². The number of carbonyl (C=O) groups excluding carboxylic acids is 1. The van der Waals surface area contributed by atoms with E-state index in [2.05, 4.69) is 31.3 Å². The van der Waals surface area contributed by atoms with E-state index in [1.807, 2.05) is 11.0 Å². The molecule has 2 bridgehead atoms. The van der Waals surface area contributed by atoms with Gasteiger partial charge in [0.1, 0.15) is 5.69 Å². The lowest BCUT2D eigenvalue weighted by Gasteiger charge is -2.34. The third-order valence-corrected chi connectivity index (χ3v) is 8.10. The van der Waals surface area contributed by atoms with Gasteiger partial charge in [-0.05, 0) is 49.5 Å². The summed E-state index contributed by atoms with van der Waals surface area (Å²) in [7, 11) is 0. The number of rotatable bonds is 4. The second-order valence-corrected chi connectivity index (χ2v) is 9.54. The van der Waals surface area contributed by atoms with Crippen LogP contribution in [0.2, 0.25) is 0 Å². The third kappa shape index (κ3) is 3.20. The Morgan fingerprint density at radius 2 is 1.90 bits per heavy atom. The fourth-order valence-electron chi connectivity index (χ4n) is 5.58. The number of amides is 1. The minimum Gasteiger partial charge on any atom is -0.366 e. The number of piperidine rings is 1. The number of anilines is 1. The van der Waals surface area contributed by atoms with Crippen molar-refractivity contribution in [1.29, 1.82) is 0 Å². The van der Waals surface area contributed by atoms with Crippen molar-refractivity contribution in [2.24, 2.45) is 27.8 Å². The van der Waals surface area contributed by atoms with Crippen molar-refractivity contribution in [2.75, 3.05) is 18.0 Å². The number of nitro benzene ring substituents is 1. The number of para-hydroxylation sites is 2. The number of nitro groups is 1. The highest BCUT2D eigenvalue weighted by molar-refractivity contribution is 5.95. The van der Waals surface area contributed by atoms with Gasteiger partial charge >= 0.3 is 0 Å². The van der Waals surface area contributed by atoms with Crippen LogP contribution in [0.5, 0.6) is 0 Å². The highest BCUT2D eigenvalue weighted by Gasteiger charge is 2.60. The van der Waals surface area contributed by atoms with Crippen LogP contribution in [0.15, 0.2) is 29.4 Å². The van der Waals surface area contributed by atoms with Gasteiger partial charge in [-0.25, -0.2) is 5.43 Å². The zero-order chi connectivity index (χ0) is 20.8. The molecule has 3 fully saturated rings. The molecule has 2 atom stereocenters. The standard InChI is InChI=1S/C22H30N4O3/c1-21(2)16-8-11-22(21,3)19(14-16)23-24-20(27)15-9-12-25(13-10-15)17-6-4-5-7-18(17)26(28)29/h4-7,15-16H,8-14H2,1-3H3,(H,24,27)/b23-19+/t16-,22+/m1/s1. The van der Waals surface area contributed by atoms with Gasteiger partial charge in [0.2, 0.25) is 5.91 Å². The lowest BCUT2D eigenvalue weighted by atomic mass is 9.70. The number of benzene rings is 1. The van der Waals surface area contributed by atoms with Gasteiger partial charge in [-0.3, -0.25) is 14.9 Å². The Bertz CT molecular complexity index is 857. The van der Waals surface area contributed by atoms with Gasteiger partial charge in [0.25, 0.3) is 5.69 Å². The fraction of sp³-hybridized carbons (Fsp3) is 0.636. The quantitative estimate of drug-likeness (QED) is 0.610. The first-order valence-electron chi connectivity index (χ1n) is 10.6. The van der Waals surface area contributed by atoms with Gasteiger partial charge in [0, 0.05) is 36.2 Å². The molecule has 0 unspecified atom stereocenters. The van der Waals surface area contributed by atoms with Crippen LogP contribution in [0.4, 0.5) is 11.4 Å². The molecule has 29 heavy (non-hydrogen) atoms. The molecule has 3 aliphatic rings. The van der Waals surface area contributed by atoms with Gasteiger partial charge in [-0.2, -0.15) is 5.10 Å². The Morgan fingerprint density at radius 3 is 2.48 bits per heavy atom. The van der Waals surface area contributed by atoms with E-state index < -0.39 is 0 Å². The van der Waals surface area contributed by atoms with E-state index in [1.165, 1.54) is 12.5 Å². The molecule has 7 heteroatoms. The summed E-state index contributed by atoms with van der Waals surface area (Å²) in [5.41, 5.74) is 5.07. The highest BCUT2D eigenvalue weighted by Crippen LogP contribution is 2.63. The van der Waals surface area contributed by atoms with Crippen molar-refractivity contribution in [1.82, 2.24) is 5.43 Å². The Morgan fingerprint density at radius 1 is 1.21 bits per heavy atom. The highest BCUT2D eigenvalue weighted by atomic mass is 16.6. The Hall–Kier alpha value is -2.44. The van der Waals surface area contributed by atoms with Crippen LogP contribution in [0, 0.1) is 32.8 Å². The van der Waals surface area contributed by atoms with Crippen molar-refractivity contribution in [3.8, 4) is 0 Å². The van der Waals surface area contributed by atoms with E-state index in [1.54, 1.807) is 12.1 Å². The normalized spacial score (nSPS) is 30.0. The molecular weight excluding hydrogens is 368 g/mol. The Labute approximate surface area is 171 Å². The molecule has 4 rings (SSSR count). The monoisotopic (exact) mass is 398 g/mol. The summed E-state index contributed by atoms with van der Waals surface area (Å²) in [5.74, 6) is 0.537. The maximum Gasteiger partial charge on any atom is 0.292 e. The van der Waals surface area contributed by atoms with Gasteiger partial charge < -0.3 is 4.90 Å². The van der Waals surface area contributed by atoms with Gasteiger partial charge in [-0.15, -0.1) is 0 Å². The number of nitrogens with zero attached hydrogens (tertiary/aromatic N) is 3. The number of fused-ring (bicyclic) bond motifs is 2. The zero-order valence-corrected chi connectivity index (χ0v) is 17.5. The molecule has 1 heterocycles. The molecule has 2 aliphatic carbocycles. The van der Waals surface area contributed by atoms with Crippen LogP contribution < -0.4 is 10.3 Å². The summed E-state index contributed by atoms with van der Waals surface area (Å²) in [4.78, 5) is 25.6. The molecular formula is C22H30N4O3. The van der Waals surface area contributed by atoms with Crippen molar-refractivity contribution in [2.45, 2.75) is 52.9 Å². The minimum atomic E-state index is -0.346. The summed E-state index contributed by atoms with van der Waals surface area (Å²) in [6.45, 7) is 8.20. The maximum atomic E-state index is 12.7. The molecule has 1 N–H and O–H groups in total. The number of hydrogen-bond acceptors (Lipinski definition) is 5. The van der Waals surface area contributed by atoms with Crippen molar-refractivity contribution in [3.63, 3.8) is 0 Å². The lowest BCUT2D eigenvalue weighted by Crippen LogP contribution is -2.40. The summed E-state index contributed by atoms with van der Waals surface area (Å²) in [6.07, 6.45) is 4.73. The van der Waals surface area contributed by atoms with Crippen LogP contribution in [0.3, 0.4) is 0 Å². The zero-order valence-electron chi connectivity index (χ0n) is 17.5. The molecule has 0 spiro atoms. The minimum absolute atomic E-state index is 0.0242. The molecule has 156 valence electrons. The molecule has 1 aliphatic heterocycles. The maximum absolute atomic E-state index is 12.7. The van der Waals surface area contributed by atoms with E-state index in [4.69, 9.17) is 0 Å². The first kappa shape index (κ1) is 19.9. The second-order valence-electron chi connectivity index (χ2n) is 9.54. The second kappa shape index (κ2) is 7.11. The van der Waals surface area contributed by atoms with E-state index in [-0.39, 0.29) is 33.3 Å². The molecule has 1 aromatic rings. The Balaban J connectivity index is 1.37. The summed E-state index contributed by atoms with van der Waals surface area (Å²) >= 11 is 0. The lowest BCUT2D eigenvalue weighted by molar-refractivity contribution is -0.384. The van der Waals surface area contributed by atoms with E-state index >= 15 is 0 Å². The number of carbonyl (C=O) groups is 1. The molecule has 7 nitrogen and oxygen atoms in total. The van der Waals surface area contributed by atoms with Gasteiger partial charge in [0.15, 0.2) is 0 Å². The van der Waals surface area contributed by atoms with E-state index in [0.717, 1.165) is 18.6 Å². The van der Waals surface area contributed by atoms with Crippen LogP contribution >= 0.6 is 0 Å². The van der Waals surface area contributed by atoms with Crippen molar-refractivity contribution in [3.05, 3.63) is 34.4 Å². The number of nitrogens with one attached hydrogen (secondary N) is 1. The first-order chi connectivity index (χ1) is 13.7. The summed E-state index contributed by atoms with van der Waals surface area (Å²) < 4.78 is 0. The summed E-state index contributed by atoms with van der Waals surface area (Å²) in [6, 6.07) is 6.80. The predicted molar refractivity (Wildman–Crippen MR) is 113 cm³/mol. The molecule has 1 aromatic carbocycles. The average molecular weight is 399 g/mol. The largest absolute Gasteiger partial charge is 0.366 e. The van der Waals surface area contributed by atoms with Crippen molar-refractivity contribution >= 4 is 23.0 Å². The van der Waals surface area contributed by atoms with Crippen LogP contribution in [0.25, 0.3) is 0 Å². The van der Waals surface area contributed by atoms with Crippen LogP contribution in [0.1, 0.15) is 52.9 Å². The summed E-state index contributed by atoms with van der Waals surface area (Å²) in [5, 5.41) is 15.9. The van der Waals surface area contributed by atoms with Gasteiger partial charge in [-0.1, -0.05) is 32.9 Å². The average Bonchev–Trinajstić information content (AvgIpc) is 3.05. The smallest absolute Gasteiger partial charge is 0.292 e. The van der Waals surface area contributed by atoms with E-state index in [0.29, 0.717) is 37.5 Å². The number of hydrazone groups is 1. The van der Waals surface area contributed by atoms with Crippen LogP contribution in [-0.2, 0) is 4.79 Å². The fourth-order valence-corrected chi connectivity index (χ4v) is 5.58. The first-order valence-corrected chi connectivity index (χ1v) is 10.6. The Kier molecular flexibility index (Phi) is 4.87. The van der Waals surface area contributed by atoms with Crippen molar-refractivity contribution < 1.29 is 9.72 Å². The predicted octanol–water partition coefficient (Wildman–Crippen LogP) is 4.13. The SMILES string of the molecule is CC1(C)[C@@H]2CC[C@@]1(C)/C(=N/NC(=O)C1CCN(c3ccccc3[N+](=O)[O-])CC1)C2. The molecule has 0 radical (unpaired) electrons. The topological polar surface area (TPSA) is 87.8 Å². The van der Waals surface area contributed by atoms with Crippen LogP contribution in [-0.4, -0.2) is 29.6 Å². The molecule has 1 amide bonds. The number of hydrogen-bond donors (Lipinski definition) is 1. The molecule has 1 saturated heterocycles. The molecule has 2 saturated carbocycles. The third-order valence-electron chi connectivity index (χ3n) is 8.10. The molecule has 0 aromatic heterocycles.